The lowest BCUT2D eigenvalue weighted by Gasteiger charge is -2.03. The molecule has 0 spiro atoms. The molecule has 2 heterocycles. The Hall–Kier alpha value is -0.550. The predicted molar refractivity (Wildman–Crippen MR) is 50.7 cm³/mol. The minimum Gasteiger partial charge on any atom is -0.416 e. The fraction of sp³-hybridized carbons (Fsp3) is 0.750. The van der Waals surface area contributed by atoms with E-state index in [1.165, 1.54) is 6.42 Å². The summed E-state index contributed by atoms with van der Waals surface area (Å²) in [6, 6.07) is 0. The Morgan fingerprint density at radius 1 is 1.62 bits per heavy atom. The SMILES string of the molecule is Cc1nnc(SCC2CCNC2)o1. The lowest BCUT2D eigenvalue weighted by atomic mass is 10.2. The van der Waals surface area contributed by atoms with Crippen molar-refractivity contribution in [3.05, 3.63) is 5.89 Å². The number of nitrogens with one attached hydrogen (secondary N) is 1. The first-order valence-electron chi connectivity index (χ1n) is 4.48. The van der Waals surface area contributed by atoms with Gasteiger partial charge in [-0.2, -0.15) is 0 Å². The number of rotatable bonds is 3. The van der Waals surface area contributed by atoms with Gasteiger partial charge in [-0.1, -0.05) is 11.8 Å². The first-order valence-corrected chi connectivity index (χ1v) is 5.47. The third-order valence-corrected chi connectivity index (χ3v) is 3.16. The van der Waals surface area contributed by atoms with Gasteiger partial charge in [-0.3, -0.25) is 0 Å². The van der Waals surface area contributed by atoms with Gasteiger partial charge >= 0.3 is 0 Å². The van der Waals surface area contributed by atoms with Gasteiger partial charge < -0.3 is 9.73 Å². The molecule has 1 atom stereocenters. The molecule has 0 aromatic carbocycles. The van der Waals surface area contributed by atoms with E-state index in [2.05, 4.69) is 15.5 Å². The van der Waals surface area contributed by atoms with Crippen LogP contribution in [-0.4, -0.2) is 29.0 Å². The van der Waals surface area contributed by atoms with Crippen LogP contribution in [0.1, 0.15) is 12.3 Å². The van der Waals surface area contributed by atoms with Gasteiger partial charge in [0.2, 0.25) is 5.89 Å². The van der Waals surface area contributed by atoms with E-state index in [0.29, 0.717) is 11.1 Å². The summed E-state index contributed by atoms with van der Waals surface area (Å²) in [6.45, 7) is 4.09. The zero-order valence-electron chi connectivity index (χ0n) is 7.62. The molecule has 0 aliphatic carbocycles. The van der Waals surface area contributed by atoms with Crippen LogP contribution in [-0.2, 0) is 0 Å². The number of thioether (sulfide) groups is 1. The molecule has 0 bridgehead atoms. The van der Waals surface area contributed by atoms with E-state index < -0.39 is 0 Å². The number of nitrogens with zero attached hydrogens (tertiary/aromatic N) is 2. The fourth-order valence-electron chi connectivity index (χ4n) is 1.38. The van der Waals surface area contributed by atoms with E-state index in [1.807, 2.05) is 6.92 Å². The van der Waals surface area contributed by atoms with Crippen molar-refractivity contribution in [1.29, 1.82) is 0 Å². The molecule has 2 rings (SSSR count). The van der Waals surface area contributed by atoms with Gasteiger partial charge in [0.05, 0.1) is 0 Å². The van der Waals surface area contributed by atoms with Gasteiger partial charge in [0, 0.05) is 12.7 Å². The van der Waals surface area contributed by atoms with Crippen molar-refractivity contribution in [3.8, 4) is 0 Å². The number of hydrogen-bond acceptors (Lipinski definition) is 5. The predicted octanol–water partition coefficient (Wildman–Crippen LogP) is 1.08. The summed E-state index contributed by atoms with van der Waals surface area (Å²) in [5.74, 6) is 2.48. The second-order valence-electron chi connectivity index (χ2n) is 3.26. The molecule has 1 unspecified atom stereocenters. The van der Waals surface area contributed by atoms with Crippen molar-refractivity contribution < 1.29 is 4.42 Å². The molecule has 1 saturated heterocycles. The normalized spacial score (nSPS) is 22.4. The molecule has 5 heteroatoms. The van der Waals surface area contributed by atoms with Gasteiger partial charge in [-0.25, -0.2) is 0 Å². The Morgan fingerprint density at radius 2 is 2.54 bits per heavy atom. The molecule has 1 N–H and O–H groups in total. The lowest BCUT2D eigenvalue weighted by Crippen LogP contribution is -2.10. The maximum absolute atomic E-state index is 5.26. The summed E-state index contributed by atoms with van der Waals surface area (Å²) in [5, 5.41) is 11.7. The second kappa shape index (κ2) is 4.11. The summed E-state index contributed by atoms with van der Waals surface area (Å²) in [4.78, 5) is 0. The zero-order valence-corrected chi connectivity index (χ0v) is 8.43. The van der Waals surface area contributed by atoms with Crippen molar-refractivity contribution in [1.82, 2.24) is 15.5 Å². The average Bonchev–Trinajstić information content (AvgIpc) is 2.71. The molecule has 72 valence electrons. The third-order valence-electron chi connectivity index (χ3n) is 2.11. The maximum atomic E-state index is 5.26. The highest BCUT2D eigenvalue weighted by molar-refractivity contribution is 7.99. The van der Waals surface area contributed by atoms with E-state index in [9.17, 15) is 0 Å². The third kappa shape index (κ3) is 2.45. The molecule has 13 heavy (non-hydrogen) atoms. The quantitative estimate of drug-likeness (QED) is 0.738. The zero-order chi connectivity index (χ0) is 9.10. The molecule has 1 aromatic rings. The summed E-state index contributed by atoms with van der Waals surface area (Å²) in [5.41, 5.74) is 0. The van der Waals surface area contributed by atoms with Gasteiger partial charge in [0.1, 0.15) is 0 Å². The molecule has 1 aromatic heterocycles. The smallest absolute Gasteiger partial charge is 0.276 e. The van der Waals surface area contributed by atoms with Crippen molar-refractivity contribution >= 4 is 11.8 Å². The molecular weight excluding hydrogens is 186 g/mol. The molecular formula is C8H13N3OS. The molecule has 4 nitrogen and oxygen atoms in total. The van der Waals surface area contributed by atoms with E-state index >= 15 is 0 Å². The molecule has 0 radical (unpaired) electrons. The van der Waals surface area contributed by atoms with E-state index in [1.54, 1.807) is 11.8 Å². The van der Waals surface area contributed by atoms with Crippen LogP contribution < -0.4 is 5.32 Å². The Balaban J connectivity index is 1.78. The maximum Gasteiger partial charge on any atom is 0.276 e. The Kier molecular flexibility index (Phi) is 2.85. The second-order valence-corrected chi connectivity index (χ2v) is 4.23. The summed E-state index contributed by atoms with van der Waals surface area (Å²) < 4.78 is 5.26. The van der Waals surface area contributed by atoms with Crippen LogP contribution >= 0.6 is 11.8 Å². The highest BCUT2D eigenvalue weighted by Gasteiger charge is 2.15. The Morgan fingerprint density at radius 3 is 3.15 bits per heavy atom. The summed E-state index contributed by atoms with van der Waals surface area (Å²) in [6.07, 6.45) is 1.26. The van der Waals surface area contributed by atoms with Crippen LogP contribution in [0.5, 0.6) is 0 Å². The first-order chi connectivity index (χ1) is 6.34. The number of aromatic nitrogens is 2. The lowest BCUT2D eigenvalue weighted by molar-refractivity contribution is 0.428. The minimum absolute atomic E-state index is 0.645. The highest BCUT2D eigenvalue weighted by atomic mass is 32.2. The first kappa shape index (κ1) is 9.02. The average molecular weight is 199 g/mol. The number of hydrogen-bond donors (Lipinski definition) is 1. The number of aryl methyl sites for hydroxylation is 1. The highest BCUT2D eigenvalue weighted by Crippen LogP contribution is 2.21. The largest absolute Gasteiger partial charge is 0.416 e. The van der Waals surface area contributed by atoms with E-state index in [4.69, 9.17) is 4.42 Å². The molecule has 1 aliphatic heterocycles. The Labute approximate surface area is 81.5 Å². The monoisotopic (exact) mass is 199 g/mol. The Bertz CT molecular complexity index is 270. The van der Waals surface area contributed by atoms with Crippen LogP contribution in [0.25, 0.3) is 0 Å². The molecule has 1 fully saturated rings. The van der Waals surface area contributed by atoms with Crippen LogP contribution in [0, 0.1) is 12.8 Å². The molecule has 0 saturated carbocycles. The van der Waals surface area contributed by atoms with Crippen LogP contribution in [0.4, 0.5) is 0 Å². The minimum atomic E-state index is 0.645. The van der Waals surface area contributed by atoms with Gasteiger partial charge in [-0.15, -0.1) is 10.2 Å². The van der Waals surface area contributed by atoms with Crippen molar-refractivity contribution in [2.24, 2.45) is 5.92 Å². The van der Waals surface area contributed by atoms with E-state index in [0.717, 1.165) is 24.8 Å². The topological polar surface area (TPSA) is 51.0 Å². The summed E-state index contributed by atoms with van der Waals surface area (Å²) in [7, 11) is 0. The van der Waals surface area contributed by atoms with Crippen LogP contribution in [0.2, 0.25) is 0 Å². The van der Waals surface area contributed by atoms with Gasteiger partial charge in [0.15, 0.2) is 0 Å². The van der Waals surface area contributed by atoms with Gasteiger partial charge in [0.25, 0.3) is 5.22 Å². The van der Waals surface area contributed by atoms with Crippen LogP contribution in [0.3, 0.4) is 0 Å². The van der Waals surface area contributed by atoms with Crippen molar-refractivity contribution in [3.63, 3.8) is 0 Å². The molecule has 1 aliphatic rings. The molecule has 0 amide bonds. The fourth-order valence-corrected chi connectivity index (χ4v) is 2.32. The van der Waals surface area contributed by atoms with Gasteiger partial charge in [-0.05, 0) is 25.4 Å². The standard InChI is InChI=1S/C8H13N3OS/c1-6-10-11-8(12-6)13-5-7-2-3-9-4-7/h7,9H,2-5H2,1H3. The van der Waals surface area contributed by atoms with Crippen molar-refractivity contribution in [2.45, 2.75) is 18.6 Å². The summed E-state index contributed by atoms with van der Waals surface area (Å²) >= 11 is 1.66. The van der Waals surface area contributed by atoms with E-state index in [-0.39, 0.29) is 0 Å². The van der Waals surface area contributed by atoms with Crippen molar-refractivity contribution in [2.75, 3.05) is 18.8 Å². The van der Waals surface area contributed by atoms with Crippen LogP contribution in [0.15, 0.2) is 9.64 Å².